The van der Waals surface area contributed by atoms with Crippen molar-refractivity contribution < 1.29 is 23.8 Å². The summed E-state index contributed by atoms with van der Waals surface area (Å²) in [6.07, 6.45) is 1.59. The number of nitrogens with zero attached hydrogens (tertiary/aromatic N) is 1. The van der Waals surface area contributed by atoms with Crippen LogP contribution in [-0.2, 0) is 14.3 Å². The molecule has 0 amide bonds. The first-order valence-electron chi connectivity index (χ1n) is 7.61. The summed E-state index contributed by atoms with van der Waals surface area (Å²) in [5.74, 6) is -0.0229. The van der Waals surface area contributed by atoms with Crippen LogP contribution in [0.3, 0.4) is 0 Å². The number of hydrogen-bond acceptors (Lipinski definition) is 6. The SMILES string of the molecule is COc1cc(/C=C2\N=C(c3ccc(I)cc3)OC2=O)ccc1OC(C)=O. The molecule has 7 heteroatoms. The number of rotatable bonds is 4. The summed E-state index contributed by atoms with van der Waals surface area (Å²) in [7, 11) is 1.47. The van der Waals surface area contributed by atoms with Gasteiger partial charge in [0.2, 0.25) is 5.90 Å². The van der Waals surface area contributed by atoms with E-state index < -0.39 is 11.9 Å². The molecule has 1 aliphatic heterocycles. The van der Waals surface area contributed by atoms with Gasteiger partial charge < -0.3 is 14.2 Å². The number of esters is 2. The molecular formula is C19H14INO5. The predicted molar refractivity (Wildman–Crippen MR) is 104 cm³/mol. The molecule has 0 atom stereocenters. The van der Waals surface area contributed by atoms with Crippen LogP contribution in [0.2, 0.25) is 0 Å². The molecule has 3 rings (SSSR count). The average molecular weight is 463 g/mol. The van der Waals surface area contributed by atoms with E-state index in [0.717, 1.165) is 9.13 Å². The Labute approximate surface area is 163 Å². The molecule has 0 N–H and O–H groups in total. The van der Waals surface area contributed by atoms with E-state index >= 15 is 0 Å². The topological polar surface area (TPSA) is 74.2 Å². The van der Waals surface area contributed by atoms with Crippen LogP contribution in [0.4, 0.5) is 0 Å². The minimum absolute atomic E-state index is 0.181. The number of methoxy groups -OCH3 is 1. The fourth-order valence-electron chi connectivity index (χ4n) is 2.30. The van der Waals surface area contributed by atoms with Gasteiger partial charge in [0.15, 0.2) is 17.2 Å². The minimum Gasteiger partial charge on any atom is -0.493 e. The maximum atomic E-state index is 12.1. The van der Waals surface area contributed by atoms with Gasteiger partial charge in [-0.2, -0.15) is 0 Å². The fourth-order valence-corrected chi connectivity index (χ4v) is 2.66. The molecule has 0 spiro atoms. The molecule has 0 bridgehead atoms. The highest BCUT2D eigenvalue weighted by atomic mass is 127. The monoisotopic (exact) mass is 463 g/mol. The van der Waals surface area contributed by atoms with Crippen molar-refractivity contribution in [1.29, 1.82) is 0 Å². The molecule has 0 aliphatic carbocycles. The van der Waals surface area contributed by atoms with Crippen molar-refractivity contribution in [3.8, 4) is 11.5 Å². The molecule has 26 heavy (non-hydrogen) atoms. The molecule has 0 fully saturated rings. The minimum atomic E-state index is -0.526. The second kappa shape index (κ2) is 7.69. The Morgan fingerprint density at radius 1 is 1.15 bits per heavy atom. The van der Waals surface area contributed by atoms with Crippen molar-refractivity contribution in [2.75, 3.05) is 7.11 Å². The highest BCUT2D eigenvalue weighted by Crippen LogP contribution is 2.30. The van der Waals surface area contributed by atoms with E-state index in [1.807, 2.05) is 24.3 Å². The molecule has 6 nitrogen and oxygen atoms in total. The van der Waals surface area contributed by atoms with Crippen LogP contribution in [0.15, 0.2) is 53.2 Å². The van der Waals surface area contributed by atoms with Crippen LogP contribution in [0.1, 0.15) is 18.1 Å². The highest BCUT2D eigenvalue weighted by molar-refractivity contribution is 14.1. The smallest absolute Gasteiger partial charge is 0.363 e. The third kappa shape index (κ3) is 4.10. The molecule has 132 valence electrons. The van der Waals surface area contributed by atoms with Gasteiger partial charge in [0.25, 0.3) is 0 Å². The van der Waals surface area contributed by atoms with Crippen LogP contribution >= 0.6 is 22.6 Å². The summed E-state index contributed by atoms with van der Waals surface area (Å²) in [4.78, 5) is 27.5. The number of aliphatic imine (C=N–C) groups is 1. The lowest BCUT2D eigenvalue weighted by Crippen LogP contribution is -2.05. The van der Waals surface area contributed by atoms with Gasteiger partial charge in [0.05, 0.1) is 7.11 Å². The predicted octanol–water partition coefficient (Wildman–Crippen LogP) is 3.57. The van der Waals surface area contributed by atoms with Crippen LogP contribution in [-0.4, -0.2) is 24.9 Å². The lowest BCUT2D eigenvalue weighted by molar-refractivity contribution is -0.132. The fraction of sp³-hybridized carbons (Fsp3) is 0.105. The van der Waals surface area contributed by atoms with E-state index in [2.05, 4.69) is 27.6 Å². The number of hydrogen-bond donors (Lipinski definition) is 0. The van der Waals surface area contributed by atoms with Crippen molar-refractivity contribution in [2.24, 2.45) is 4.99 Å². The summed E-state index contributed by atoms with van der Waals surface area (Å²) in [5.41, 5.74) is 1.57. The zero-order chi connectivity index (χ0) is 18.7. The number of ether oxygens (including phenoxy) is 3. The van der Waals surface area contributed by atoms with Crippen LogP contribution in [0, 0.1) is 3.57 Å². The molecule has 0 radical (unpaired) electrons. The first-order valence-corrected chi connectivity index (χ1v) is 8.69. The Kier molecular flexibility index (Phi) is 5.36. The van der Waals surface area contributed by atoms with E-state index in [0.29, 0.717) is 17.1 Å². The molecule has 2 aromatic carbocycles. The molecule has 0 saturated heterocycles. The quantitative estimate of drug-likeness (QED) is 0.300. The number of carbonyl (C=O) groups excluding carboxylic acids is 2. The van der Waals surface area contributed by atoms with Crippen molar-refractivity contribution in [3.63, 3.8) is 0 Å². The zero-order valence-electron chi connectivity index (χ0n) is 14.0. The van der Waals surface area contributed by atoms with Crippen molar-refractivity contribution in [1.82, 2.24) is 0 Å². The normalized spacial score (nSPS) is 14.8. The van der Waals surface area contributed by atoms with E-state index in [4.69, 9.17) is 14.2 Å². The number of cyclic esters (lactones) is 1. The van der Waals surface area contributed by atoms with Gasteiger partial charge in [-0.1, -0.05) is 6.07 Å². The van der Waals surface area contributed by atoms with E-state index in [1.165, 1.54) is 14.0 Å². The Morgan fingerprint density at radius 3 is 2.54 bits per heavy atom. The van der Waals surface area contributed by atoms with E-state index in [9.17, 15) is 9.59 Å². The summed E-state index contributed by atoms with van der Waals surface area (Å²) >= 11 is 2.20. The van der Waals surface area contributed by atoms with E-state index in [-0.39, 0.29) is 11.6 Å². The summed E-state index contributed by atoms with van der Waals surface area (Å²) in [5, 5.41) is 0. The van der Waals surface area contributed by atoms with Gasteiger partial charge >= 0.3 is 11.9 Å². The molecule has 0 unspecified atom stereocenters. The molecule has 2 aromatic rings. The van der Waals surface area contributed by atoms with Crippen molar-refractivity contribution in [3.05, 3.63) is 62.9 Å². The Balaban J connectivity index is 1.90. The Hall–Kier alpha value is -2.68. The molecule has 1 aliphatic rings. The highest BCUT2D eigenvalue weighted by Gasteiger charge is 2.24. The molecule has 1 heterocycles. The lowest BCUT2D eigenvalue weighted by Gasteiger charge is -2.08. The van der Waals surface area contributed by atoms with Gasteiger partial charge in [0, 0.05) is 16.1 Å². The third-order valence-corrected chi connectivity index (χ3v) is 4.18. The molecule has 0 aromatic heterocycles. The van der Waals surface area contributed by atoms with E-state index in [1.54, 1.807) is 24.3 Å². The van der Waals surface area contributed by atoms with Crippen LogP contribution in [0.5, 0.6) is 11.5 Å². The maximum Gasteiger partial charge on any atom is 0.363 e. The van der Waals surface area contributed by atoms with Crippen LogP contribution in [0.25, 0.3) is 6.08 Å². The van der Waals surface area contributed by atoms with Gasteiger partial charge in [-0.3, -0.25) is 4.79 Å². The Morgan fingerprint density at radius 2 is 1.88 bits per heavy atom. The average Bonchev–Trinajstić information content (AvgIpc) is 2.97. The maximum absolute atomic E-state index is 12.1. The standard InChI is InChI=1S/C19H14INO5/c1-11(22)25-16-8-3-12(10-17(16)24-2)9-15-19(23)26-18(21-15)13-4-6-14(20)7-5-13/h3-10H,1-2H3/b15-9-. The summed E-state index contributed by atoms with van der Waals surface area (Å²) < 4.78 is 16.6. The van der Waals surface area contributed by atoms with Crippen molar-refractivity contribution >= 4 is 46.5 Å². The number of benzene rings is 2. The van der Waals surface area contributed by atoms with Gasteiger partial charge in [-0.05, 0) is 70.6 Å². The van der Waals surface area contributed by atoms with Gasteiger partial charge in [-0.15, -0.1) is 0 Å². The first kappa shape index (κ1) is 18.1. The van der Waals surface area contributed by atoms with Gasteiger partial charge in [0.1, 0.15) is 0 Å². The first-order chi connectivity index (χ1) is 12.5. The third-order valence-electron chi connectivity index (χ3n) is 3.46. The second-order valence-electron chi connectivity index (χ2n) is 5.35. The summed E-state index contributed by atoms with van der Waals surface area (Å²) in [6.45, 7) is 1.31. The molecular weight excluding hydrogens is 449 g/mol. The zero-order valence-corrected chi connectivity index (χ0v) is 16.1. The second-order valence-corrected chi connectivity index (χ2v) is 6.59. The Bertz CT molecular complexity index is 931. The lowest BCUT2D eigenvalue weighted by atomic mass is 10.1. The van der Waals surface area contributed by atoms with Gasteiger partial charge in [-0.25, -0.2) is 9.79 Å². The molecule has 0 saturated carbocycles. The number of halogens is 1. The van der Waals surface area contributed by atoms with Crippen LogP contribution < -0.4 is 9.47 Å². The van der Waals surface area contributed by atoms with Crippen molar-refractivity contribution in [2.45, 2.75) is 6.92 Å². The number of carbonyl (C=O) groups is 2. The summed E-state index contributed by atoms with van der Waals surface area (Å²) in [6, 6.07) is 12.4. The largest absolute Gasteiger partial charge is 0.493 e.